The molecule has 0 aliphatic carbocycles. The minimum absolute atomic E-state index is 0.0194. The fourth-order valence-electron chi connectivity index (χ4n) is 8.30. The number of hydrogen-bond donors (Lipinski definition) is 1. The molecule has 4 aromatic rings. The van der Waals surface area contributed by atoms with Gasteiger partial charge in [0.15, 0.2) is 0 Å². The van der Waals surface area contributed by atoms with E-state index >= 15 is 0 Å². The van der Waals surface area contributed by atoms with Crippen molar-refractivity contribution in [3.63, 3.8) is 0 Å². The molecule has 0 radical (unpaired) electrons. The second-order valence-corrected chi connectivity index (χ2v) is 13.5. The number of nitriles is 1. The minimum atomic E-state index is -0.156. The Morgan fingerprint density at radius 2 is 1.85 bits per heavy atom. The fourth-order valence-corrected chi connectivity index (χ4v) is 8.30. The molecule has 3 unspecified atom stereocenters. The molecule has 48 heavy (non-hydrogen) atoms. The Morgan fingerprint density at radius 3 is 2.58 bits per heavy atom. The Bertz CT molecular complexity index is 1810. The van der Waals surface area contributed by atoms with Crippen LogP contribution in [-0.4, -0.2) is 115 Å². The highest BCUT2D eigenvalue weighted by Gasteiger charge is 2.48. The molecule has 4 aromatic heterocycles. The van der Waals surface area contributed by atoms with Crippen LogP contribution in [0.3, 0.4) is 0 Å². The highest BCUT2D eigenvalue weighted by Crippen LogP contribution is 2.37. The molecule has 5 fully saturated rings. The smallest absolute Gasteiger partial charge is 0.274 e. The Kier molecular flexibility index (Phi) is 8.24. The molecule has 13 nitrogen and oxygen atoms in total. The molecule has 9 heterocycles. The zero-order valence-corrected chi connectivity index (χ0v) is 27.2. The molecule has 0 spiro atoms. The van der Waals surface area contributed by atoms with Crippen LogP contribution in [0, 0.1) is 11.3 Å². The van der Waals surface area contributed by atoms with E-state index in [0.29, 0.717) is 61.9 Å². The molecule has 9 rings (SSSR count). The molecule has 4 bridgehead atoms. The SMILES string of the molecule is COCCn1ccc(C(=O)N2C3CC2CN(c2ccc(-c4cc(OCCCN5[C@@H]6CC[C@H]5CC(O)C6)cn5ncc(C#N)c45)cn2)C3)n1. The van der Waals surface area contributed by atoms with Crippen LogP contribution in [0.25, 0.3) is 16.6 Å². The number of aliphatic hydroxyl groups excluding tert-OH is 1. The van der Waals surface area contributed by atoms with Gasteiger partial charge in [0, 0.05) is 62.3 Å². The number of pyridine rings is 2. The van der Waals surface area contributed by atoms with E-state index in [1.807, 2.05) is 41.7 Å². The number of amides is 1. The molecule has 5 aliphatic rings. The summed E-state index contributed by atoms with van der Waals surface area (Å²) in [7, 11) is 1.65. The average molecular weight is 652 g/mol. The lowest BCUT2D eigenvalue weighted by Crippen LogP contribution is -2.70. The molecule has 250 valence electrons. The Balaban J connectivity index is 0.931. The number of ether oxygens (including phenoxy) is 2. The van der Waals surface area contributed by atoms with Crippen LogP contribution < -0.4 is 9.64 Å². The van der Waals surface area contributed by atoms with Crippen LogP contribution in [0.4, 0.5) is 5.82 Å². The van der Waals surface area contributed by atoms with Crippen molar-refractivity contribution in [2.24, 2.45) is 0 Å². The number of piperidine rings is 2. The summed E-state index contributed by atoms with van der Waals surface area (Å²) >= 11 is 0. The van der Waals surface area contributed by atoms with Crippen molar-refractivity contribution in [2.45, 2.75) is 75.3 Å². The zero-order valence-electron chi connectivity index (χ0n) is 27.2. The number of methoxy groups -OCH3 is 1. The van der Waals surface area contributed by atoms with Crippen LogP contribution in [0.5, 0.6) is 5.75 Å². The van der Waals surface area contributed by atoms with Crippen molar-refractivity contribution in [3.05, 3.63) is 60.3 Å². The first kappa shape index (κ1) is 30.8. The molecule has 13 heteroatoms. The predicted octanol–water partition coefficient (Wildman–Crippen LogP) is 2.97. The van der Waals surface area contributed by atoms with Gasteiger partial charge in [-0.25, -0.2) is 9.50 Å². The topological polar surface area (TPSA) is 137 Å². The number of aromatic nitrogens is 5. The first-order valence-corrected chi connectivity index (χ1v) is 17.0. The van der Waals surface area contributed by atoms with Crippen LogP contribution in [0.15, 0.2) is 49.1 Å². The van der Waals surface area contributed by atoms with Gasteiger partial charge in [0.1, 0.15) is 23.3 Å². The van der Waals surface area contributed by atoms with E-state index < -0.39 is 0 Å². The number of fused-ring (bicyclic) bond motifs is 5. The van der Waals surface area contributed by atoms with Gasteiger partial charge in [-0.15, -0.1) is 0 Å². The molecule has 5 aliphatic heterocycles. The van der Waals surface area contributed by atoms with Crippen LogP contribution in [-0.2, 0) is 11.3 Å². The predicted molar refractivity (Wildman–Crippen MR) is 177 cm³/mol. The van der Waals surface area contributed by atoms with Gasteiger partial charge in [-0.3, -0.25) is 14.4 Å². The van der Waals surface area contributed by atoms with E-state index in [1.165, 1.54) is 12.8 Å². The zero-order chi connectivity index (χ0) is 32.8. The van der Waals surface area contributed by atoms with E-state index in [1.54, 1.807) is 28.6 Å². The third-order valence-electron chi connectivity index (χ3n) is 10.6. The lowest BCUT2D eigenvalue weighted by molar-refractivity contribution is 0.00514. The van der Waals surface area contributed by atoms with Crippen molar-refractivity contribution < 1.29 is 19.4 Å². The summed E-state index contributed by atoms with van der Waals surface area (Å²) in [5.41, 5.74) is 3.40. The largest absolute Gasteiger partial charge is 0.492 e. The van der Waals surface area contributed by atoms with Gasteiger partial charge >= 0.3 is 0 Å². The van der Waals surface area contributed by atoms with E-state index in [2.05, 4.69) is 26.1 Å². The van der Waals surface area contributed by atoms with Crippen LogP contribution >= 0.6 is 0 Å². The quantitative estimate of drug-likeness (QED) is 0.241. The average Bonchev–Trinajstić information content (AvgIpc) is 3.81. The number of nitrogens with zero attached hydrogens (tertiary/aromatic N) is 9. The Hall–Kier alpha value is -4.51. The molecule has 1 N–H and O–H groups in total. The van der Waals surface area contributed by atoms with Crippen molar-refractivity contribution >= 4 is 17.2 Å². The summed E-state index contributed by atoms with van der Waals surface area (Å²) in [6, 6.07) is 11.3. The van der Waals surface area contributed by atoms with Gasteiger partial charge in [0.25, 0.3) is 5.91 Å². The second-order valence-electron chi connectivity index (χ2n) is 13.5. The summed E-state index contributed by atoms with van der Waals surface area (Å²) in [6.07, 6.45) is 12.9. The molecule has 5 saturated heterocycles. The first-order valence-electron chi connectivity index (χ1n) is 17.0. The number of carbonyl (C=O) groups is 1. The number of aliphatic hydroxyl groups is 1. The van der Waals surface area contributed by atoms with Crippen molar-refractivity contribution in [1.29, 1.82) is 5.26 Å². The summed E-state index contributed by atoms with van der Waals surface area (Å²) in [6.45, 7) is 4.12. The van der Waals surface area contributed by atoms with Crippen molar-refractivity contribution in [1.82, 2.24) is 34.2 Å². The summed E-state index contributed by atoms with van der Waals surface area (Å²) in [4.78, 5) is 24.9. The minimum Gasteiger partial charge on any atom is -0.492 e. The number of rotatable bonds is 11. The highest BCUT2D eigenvalue weighted by molar-refractivity contribution is 5.93. The van der Waals surface area contributed by atoms with Crippen molar-refractivity contribution in [2.75, 3.05) is 44.9 Å². The van der Waals surface area contributed by atoms with Gasteiger partial charge in [0.2, 0.25) is 0 Å². The van der Waals surface area contributed by atoms with Gasteiger partial charge in [0.05, 0.1) is 61.4 Å². The van der Waals surface area contributed by atoms with E-state index in [-0.39, 0.29) is 24.1 Å². The molecular formula is C35H41N9O4. The number of carbonyl (C=O) groups excluding carboxylic acids is 1. The van der Waals surface area contributed by atoms with Crippen molar-refractivity contribution in [3.8, 4) is 22.9 Å². The third-order valence-corrected chi connectivity index (χ3v) is 10.6. The van der Waals surface area contributed by atoms with E-state index in [4.69, 9.17) is 14.5 Å². The molecule has 1 amide bonds. The number of anilines is 1. The number of hydrogen-bond acceptors (Lipinski definition) is 10. The maximum absolute atomic E-state index is 13.3. The van der Waals surface area contributed by atoms with Crippen LogP contribution in [0.1, 0.15) is 54.6 Å². The van der Waals surface area contributed by atoms with Gasteiger partial charge in [-0.2, -0.15) is 15.5 Å². The van der Waals surface area contributed by atoms with E-state index in [9.17, 15) is 15.2 Å². The summed E-state index contributed by atoms with van der Waals surface area (Å²) in [5, 5.41) is 28.8. The molecule has 0 aromatic carbocycles. The standard InChI is InChI=1S/C35H41N9O4/c1-47-12-10-41-9-7-32(39-41)35(46)44-27-13-28(44)21-40(20-27)33-6-3-23(18-37-33)31-16-30(22-43-34(31)24(17-36)19-38-43)48-11-2-8-42-25-4-5-26(42)15-29(45)14-25/h3,6-7,9,16,18-19,22,25-29,45H,2,4-5,8,10-15,20-21H2,1H3/t25-,26+,27?,28?,29?. The first-order chi connectivity index (χ1) is 23.5. The number of piperazine rings is 1. The third kappa shape index (κ3) is 5.67. The van der Waals surface area contributed by atoms with Gasteiger partial charge in [-0.05, 0) is 62.8 Å². The van der Waals surface area contributed by atoms with E-state index in [0.717, 1.165) is 54.7 Å². The maximum atomic E-state index is 13.3. The molecule has 0 saturated carbocycles. The second kappa shape index (κ2) is 12.8. The summed E-state index contributed by atoms with van der Waals surface area (Å²) in [5.74, 6) is 1.53. The maximum Gasteiger partial charge on any atom is 0.274 e. The normalized spacial score (nSPS) is 24.9. The fraction of sp³-hybridized carbons (Fsp3) is 0.514. The lowest BCUT2D eigenvalue weighted by atomic mass is 9.87. The van der Waals surface area contributed by atoms with Crippen LogP contribution in [0.2, 0.25) is 0 Å². The molecule has 5 atom stereocenters. The Morgan fingerprint density at radius 1 is 1.04 bits per heavy atom. The van der Waals surface area contributed by atoms with Gasteiger partial charge < -0.3 is 24.4 Å². The monoisotopic (exact) mass is 651 g/mol. The Labute approximate surface area is 279 Å². The highest BCUT2D eigenvalue weighted by atomic mass is 16.5. The molecular weight excluding hydrogens is 610 g/mol. The lowest BCUT2D eigenvalue weighted by Gasteiger charge is -2.56. The van der Waals surface area contributed by atoms with Gasteiger partial charge in [-0.1, -0.05) is 0 Å². The summed E-state index contributed by atoms with van der Waals surface area (Å²) < 4.78 is 14.8.